The van der Waals surface area contributed by atoms with Crippen LogP contribution in [0.25, 0.3) is 0 Å². The highest BCUT2D eigenvalue weighted by molar-refractivity contribution is 5.11. The molecule has 0 saturated carbocycles. The molecule has 1 aromatic rings. The van der Waals surface area contributed by atoms with Crippen LogP contribution in [0.3, 0.4) is 0 Å². The Bertz CT molecular complexity index is 200. The van der Waals surface area contributed by atoms with Crippen molar-refractivity contribution >= 4 is 0 Å². The van der Waals surface area contributed by atoms with E-state index in [1.165, 1.54) is 18.6 Å². The fraction of sp³-hybridized carbons (Fsp3) is 0.333. The molecule has 0 aromatic carbocycles. The minimum Gasteiger partial charge on any atom is -0.472 e. The van der Waals surface area contributed by atoms with Gasteiger partial charge in [-0.05, 0) is 6.07 Å². The number of halogens is 2. The molecule has 62 valence electrons. The van der Waals surface area contributed by atoms with Crippen LogP contribution in [0.4, 0.5) is 8.78 Å². The van der Waals surface area contributed by atoms with Gasteiger partial charge in [0.1, 0.15) is 6.04 Å². The van der Waals surface area contributed by atoms with E-state index in [1.807, 2.05) is 5.43 Å². The summed E-state index contributed by atoms with van der Waals surface area (Å²) in [5.74, 6) is 4.89. The van der Waals surface area contributed by atoms with E-state index in [0.29, 0.717) is 5.56 Å². The summed E-state index contributed by atoms with van der Waals surface area (Å²) < 4.78 is 28.8. The van der Waals surface area contributed by atoms with Crippen molar-refractivity contribution in [3.05, 3.63) is 24.2 Å². The second kappa shape index (κ2) is 3.45. The lowest BCUT2D eigenvalue weighted by Gasteiger charge is -2.11. The Morgan fingerprint density at radius 3 is 2.64 bits per heavy atom. The highest BCUT2D eigenvalue weighted by Crippen LogP contribution is 2.19. The molecule has 0 fully saturated rings. The number of nitrogens with two attached hydrogens (primary N) is 1. The molecule has 0 radical (unpaired) electrons. The van der Waals surface area contributed by atoms with Crippen molar-refractivity contribution in [1.29, 1.82) is 0 Å². The van der Waals surface area contributed by atoms with Crippen LogP contribution in [-0.2, 0) is 0 Å². The topological polar surface area (TPSA) is 51.2 Å². The minimum absolute atomic E-state index is 0.350. The molecule has 0 saturated heterocycles. The van der Waals surface area contributed by atoms with Crippen LogP contribution < -0.4 is 11.3 Å². The summed E-state index contributed by atoms with van der Waals surface area (Å²) in [6.07, 6.45) is 0.0243. The highest BCUT2D eigenvalue weighted by atomic mass is 19.3. The molecule has 0 amide bonds. The molecule has 5 heteroatoms. The fourth-order valence-electron chi connectivity index (χ4n) is 0.766. The Hall–Kier alpha value is -0.940. The quantitative estimate of drug-likeness (QED) is 0.516. The SMILES string of the molecule is NNC(c1ccoc1)C(F)F. The molecule has 0 aliphatic heterocycles. The van der Waals surface area contributed by atoms with Crippen LogP contribution in [0.5, 0.6) is 0 Å². The molecular weight excluding hydrogens is 154 g/mol. The Morgan fingerprint density at radius 2 is 2.27 bits per heavy atom. The summed E-state index contributed by atoms with van der Waals surface area (Å²) >= 11 is 0. The van der Waals surface area contributed by atoms with Crippen molar-refractivity contribution < 1.29 is 13.2 Å². The molecule has 1 aromatic heterocycles. The van der Waals surface area contributed by atoms with Crippen molar-refractivity contribution in [3.8, 4) is 0 Å². The molecule has 0 aliphatic carbocycles. The second-order valence-corrected chi connectivity index (χ2v) is 2.04. The van der Waals surface area contributed by atoms with Crippen molar-refractivity contribution in [2.24, 2.45) is 5.84 Å². The van der Waals surface area contributed by atoms with Crippen LogP contribution in [0, 0.1) is 0 Å². The Morgan fingerprint density at radius 1 is 1.55 bits per heavy atom. The van der Waals surface area contributed by atoms with E-state index in [4.69, 9.17) is 5.84 Å². The predicted molar refractivity (Wildman–Crippen MR) is 34.8 cm³/mol. The molecule has 1 heterocycles. The van der Waals surface area contributed by atoms with Gasteiger partial charge in [0.25, 0.3) is 6.43 Å². The molecular formula is C6H8F2N2O. The standard InChI is InChI=1S/C6H8F2N2O/c7-6(8)5(10-9)4-1-2-11-3-4/h1-3,5-6,10H,9H2. The molecule has 0 aliphatic rings. The first-order valence-corrected chi connectivity index (χ1v) is 3.02. The summed E-state index contributed by atoms with van der Waals surface area (Å²) in [7, 11) is 0. The lowest BCUT2D eigenvalue weighted by molar-refractivity contribution is 0.0983. The van der Waals surface area contributed by atoms with E-state index in [9.17, 15) is 8.78 Å². The molecule has 0 spiro atoms. The van der Waals surface area contributed by atoms with Crippen molar-refractivity contribution in [3.63, 3.8) is 0 Å². The number of rotatable bonds is 3. The van der Waals surface area contributed by atoms with Gasteiger partial charge >= 0.3 is 0 Å². The van der Waals surface area contributed by atoms with Crippen molar-refractivity contribution in [1.82, 2.24) is 5.43 Å². The van der Waals surface area contributed by atoms with Gasteiger partial charge < -0.3 is 4.42 Å². The lowest BCUT2D eigenvalue weighted by Crippen LogP contribution is -2.32. The van der Waals surface area contributed by atoms with Gasteiger partial charge in [0.15, 0.2) is 0 Å². The van der Waals surface area contributed by atoms with E-state index in [0.717, 1.165) is 0 Å². The first kappa shape index (κ1) is 8.16. The van der Waals surface area contributed by atoms with Gasteiger partial charge in [-0.25, -0.2) is 14.2 Å². The molecule has 11 heavy (non-hydrogen) atoms. The zero-order chi connectivity index (χ0) is 8.27. The largest absolute Gasteiger partial charge is 0.472 e. The van der Waals surface area contributed by atoms with E-state index in [-0.39, 0.29) is 0 Å². The maximum absolute atomic E-state index is 12.1. The minimum atomic E-state index is -2.53. The molecule has 1 atom stereocenters. The Labute approximate surface area is 62.1 Å². The predicted octanol–water partition coefficient (Wildman–Crippen LogP) is 1.05. The molecule has 3 N–H and O–H groups in total. The van der Waals surface area contributed by atoms with Gasteiger partial charge in [-0.1, -0.05) is 0 Å². The van der Waals surface area contributed by atoms with E-state index in [1.54, 1.807) is 0 Å². The third-order valence-electron chi connectivity index (χ3n) is 1.33. The lowest BCUT2D eigenvalue weighted by atomic mass is 10.2. The summed E-state index contributed by atoms with van der Waals surface area (Å²) in [5.41, 5.74) is 2.34. The summed E-state index contributed by atoms with van der Waals surface area (Å²) in [6.45, 7) is 0. The average Bonchev–Trinajstić information content (AvgIpc) is 2.40. The van der Waals surface area contributed by atoms with Crippen LogP contribution >= 0.6 is 0 Å². The number of hydrazine groups is 1. The number of nitrogens with one attached hydrogen (secondary N) is 1. The maximum atomic E-state index is 12.1. The van der Waals surface area contributed by atoms with E-state index < -0.39 is 12.5 Å². The number of hydrogen-bond acceptors (Lipinski definition) is 3. The third-order valence-corrected chi connectivity index (χ3v) is 1.33. The van der Waals surface area contributed by atoms with Crippen LogP contribution in [0.2, 0.25) is 0 Å². The first-order valence-electron chi connectivity index (χ1n) is 3.02. The summed E-state index contributed by atoms with van der Waals surface area (Å²) in [6, 6.07) is 0.296. The van der Waals surface area contributed by atoms with Gasteiger partial charge in [-0.15, -0.1) is 0 Å². The van der Waals surface area contributed by atoms with Gasteiger partial charge in [0.05, 0.1) is 12.5 Å². The van der Waals surface area contributed by atoms with Crippen molar-refractivity contribution in [2.45, 2.75) is 12.5 Å². The number of alkyl halides is 2. The van der Waals surface area contributed by atoms with Crippen LogP contribution in [0.15, 0.2) is 23.0 Å². The zero-order valence-electron chi connectivity index (χ0n) is 5.63. The van der Waals surface area contributed by atoms with Gasteiger partial charge in [0.2, 0.25) is 0 Å². The monoisotopic (exact) mass is 162 g/mol. The van der Waals surface area contributed by atoms with Crippen LogP contribution in [0.1, 0.15) is 11.6 Å². The van der Waals surface area contributed by atoms with Gasteiger partial charge in [0, 0.05) is 5.56 Å². The maximum Gasteiger partial charge on any atom is 0.259 e. The second-order valence-electron chi connectivity index (χ2n) is 2.04. The van der Waals surface area contributed by atoms with E-state index in [2.05, 4.69) is 4.42 Å². The smallest absolute Gasteiger partial charge is 0.259 e. The fourth-order valence-corrected chi connectivity index (χ4v) is 0.766. The Balaban J connectivity index is 2.71. The average molecular weight is 162 g/mol. The number of furan rings is 1. The Kier molecular flexibility index (Phi) is 2.56. The highest BCUT2D eigenvalue weighted by Gasteiger charge is 2.21. The van der Waals surface area contributed by atoms with Crippen LogP contribution in [-0.4, -0.2) is 6.43 Å². The first-order chi connectivity index (χ1) is 5.25. The zero-order valence-corrected chi connectivity index (χ0v) is 5.63. The number of hydrogen-bond donors (Lipinski definition) is 2. The molecule has 3 nitrogen and oxygen atoms in total. The van der Waals surface area contributed by atoms with Crippen molar-refractivity contribution in [2.75, 3.05) is 0 Å². The normalized spacial score (nSPS) is 13.8. The van der Waals surface area contributed by atoms with E-state index >= 15 is 0 Å². The molecule has 0 bridgehead atoms. The summed E-state index contributed by atoms with van der Waals surface area (Å²) in [5, 5.41) is 0. The molecule has 1 unspecified atom stereocenters. The van der Waals surface area contributed by atoms with Gasteiger partial charge in [-0.2, -0.15) is 0 Å². The third kappa shape index (κ3) is 1.75. The summed E-state index contributed by atoms with van der Waals surface area (Å²) in [4.78, 5) is 0. The van der Waals surface area contributed by atoms with Gasteiger partial charge in [-0.3, -0.25) is 5.84 Å². The molecule has 1 rings (SSSR count).